The van der Waals surface area contributed by atoms with E-state index < -0.39 is 0 Å². The maximum atomic E-state index is 8.63. The molecule has 1 aromatic carbocycles. The largest absolute Gasteiger partial charge is 0.508 e. The van der Waals surface area contributed by atoms with E-state index in [1.54, 1.807) is 24.3 Å². The van der Waals surface area contributed by atoms with Crippen molar-refractivity contribution in [1.29, 1.82) is 0 Å². The second-order valence-electron chi connectivity index (χ2n) is 1.86. The second-order valence-corrected chi connectivity index (χ2v) is 2.33. The topological polar surface area (TPSA) is 20.2 Å². The van der Waals surface area contributed by atoms with Gasteiger partial charge in [0.25, 0.3) is 0 Å². The van der Waals surface area contributed by atoms with Crippen molar-refractivity contribution < 1.29 is 5.11 Å². The average Bonchev–Trinajstić information content (AvgIpc) is 2.07. The Balaban J connectivity index is 0.000000218. The first-order chi connectivity index (χ1) is 5.31. The molecule has 0 radical (unpaired) electrons. The molecule has 1 atom stereocenters. The number of benzene rings is 1. The lowest BCUT2D eigenvalue weighted by molar-refractivity contribution is 0.475. The zero-order valence-corrected chi connectivity index (χ0v) is 7.56. The molecule has 1 rings (SSSR count). The van der Waals surface area contributed by atoms with Crippen LogP contribution in [0.3, 0.4) is 0 Å². The van der Waals surface area contributed by atoms with Gasteiger partial charge in [-0.3, -0.25) is 0 Å². The molecule has 1 aromatic rings. The zero-order valence-electron chi connectivity index (χ0n) is 6.40. The molecule has 0 fully saturated rings. The van der Waals surface area contributed by atoms with E-state index in [0.717, 1.165) is 6.16 Å². The molecule has 0 saturated heterocycles. The molecule has 0 amide bonds. The number of phenols is 1. The van der Waals surface area contributed by atoms with Gasteiger partial charge in [0.05, 0.1) is 0 Å². The van der Waals surface area contributed by atoms with Crippen LogP contribution in [0.15, 0.2) is 43.0 Å². The summed E-state index contributed by atoms with van der Waals surface area (Å²) in [6.45, 7) is 3.46. The van der Waals surface area contributed by atoms with E-state index in [2.05, 4.69) is 15.8 Å². The van der Waals surface area contributed by atoms with Gasteiger partial charge in [0.15, 0.2) is 0 Å². The third-order valence-electron chi connectivity index (χ3n) is 0.923. The van der Waals surface area contributed by atoms with Gasteiger partial charge < -0.3 is 5.11 Å². The summed E-state index contributed by atoms with van der Waals surface area (Å²) in [5.74, 6) is 0.322. The molecule has 0 aliphatic carbocycles. The Labute approximate surface area is 70.0 Å². The summed E-state index contributed by atoms with van der Waals surface area (Å²) >= 11 is 0. The summed E-state index contributed by atoms with van der Waals surface area (Å²) in [5, 5.41) is 8.63. The molecule has 11 heavy (non-hydrogen) atoms. The van der Waals surface area contributed by atoms with Gasteiger partial charge in [-0.25, -0.2) is 0 Å². The maximum absolute atomic E-state index is 8.63. The number of allylic oxidation sites excluding steroid dienone is 1. The predicted octanol–water partition coefficient (Wildman–Crippen LogP) is 2.44. The second kappa shape index (κ2) is 7.30. The number of phenolic OH excluding ortho intramolecular Hbond substituents is 1. The smallest absolute Gasteiger partial charge is 0.115 e. The van der Waals surface area contributed by atoms with Crippen molar-refractivity contribution in [2.75, 3.05) is 6.16 Å². The van der Waals surface area contributed by atoms with Gasteiger partial charge in [0.2, 0.25) is 0 Å². The lowest BCUT2D eigenvalue weighted by Gasteiger charge is -1.82. The van der Waals surface area contributed by atoms with Crippen LogP contribution < -0.4 is 0 Å². The molecule has 0 aromatic heterocycles. The molecular weight excluding hydrogens is 155 g/mol. The van der Waals surface area contributed by atoms with Crippen molar-refractivity contribution in [2.24, 2.45) is 0 Å². The van der Waals surface area contributed by atoms with Crippen LogP contribution in [-0.2, 0) is 0 Å². The first kappa shape index (κ1) is 10.2. The molecule has 0 saturated carbocycles. The van der Waals surface area contributed by atoms with Gasteiger partial charge >= 0.3 is 0 Å². The summed E-state index contributed by atoms with van der Waals surface area (Å²) in [7, 11) is 2.54. The van der Waals surface area contributed by atoms with Crippen LogP contribution in [0, 0.1) is 0 Å². The van der Waals surface area contributed by atoms with E-state index in [1.807, 2.05) is 12.1 Å². The van der Waals surface area contributed by atoms with E-state index in [-0.39, 0.29) is 0 Å². The van der Waals surface area contributed by atoms with Crippen molar-refractivity contribution in [3.63, 3.8) is 0 Å². The number of hydrogen-bond donors (Lipinski definition) is 1. The number of hydrogen-bond acceptors (Lipinski definition) is 1. The molecule has 0 bridgehead atoms. The first-order valence-corrected chi connectivity index (χ1v) is 4.18. The SMILES string of the molecule is C=CCP.Oc1ccccc1. The molecule has 0 spiro atoms. The minimum Gasteiger partial charge on any atom is -0.508 e. The van der Waals surface area contributed by atoms with Crippen LogP contribution in [0.5, 0.6) is 5.75 Å². The van der Waals surface area contributed by atoms with Crippen LogP contribution in [0.1, 0.15) is 0 Å². The van der Waals surface area contributed by atoms with Crippen molar-refractivity contribution in [1.82, 2.24) is 0 Å². The van der Waals surface area contributed by atoms with E-state index in [4.69, 9.17) is 5.11 Å². The molecule has 0 aliphatic heterocycles. The highest BCUT2D eigenvalue weighted by Crippen LogP contribution is 2.02. The molecule has 1 N–H and O–H groups in total. The molecule has 1 nitrogen and oxygen atoms in total. The Hall–Kier alpha value is -0.810. The van der Waals surface area contributed by atoms with Gasteiger partial charge in [-0.1, -0.05) is 24.3 Å². The zero-order chi connectivity index (χ0) is 8.53. The van der Waals surface area contributed by atoms with E-state index in [9.17, 15) is 0 Å². The molecule has 0 heterocycles. The summed E-state index contributed by atoms with van der Waals surface area (Å²) in [6.07, 6.45) is 2.84. The number of rotatable bonds is 1. The Morgan fingerprint density at radius 3 is 2.00 bits per heavy atom. The summed E-state index contributed by atoms with van der Waals surface area (Å²) in [5.41, 5.74) is 0. The van der Waals surface area contributed by atoms with Gasteiger partial charge in [-0.2, -0.15) is 0 Å². The van der Waals surface area contributed by atoms with Crippen LogP contribution in [0.25, 0.3) is 0 Å². The van der Waals surface area contributed by atoms with Crippen molar-refractivity contribution in [3.8, 4) is 5.75 Å². The Morgan fingerprint density at radius 2 is 1.82 bits per heavy atom. The Kier molecular flexibility index (Phi) is 6.76. The van der Waals surface area contributed by atoms with Crippen molar-refractivity contribution >= 4 is 9.24 Å². The normalized spacial score (nSPS) is 7.73. The molecule has 60 valence electrons. The minimum atomic E-state index is 0.322. The number of para-hydroxylation sites is 1. The van der Waals surface area contributed by atoms with Crippen molar-refractivity contribution in [3.05, 3.63) is 43.0 Å². The highest BCUT2D eigenvalue weighted by atomic mass is 31.0. The van der Waals surface area contributed by atoms with Gasteiger partial charge in [-0.05, 0) is 18.3 Å². The predicted molar refractivity (Wildman–Crippen MR) is 52.9 cm³/mol. The first-order valence-electron chi connectivity index (χ1n) is 3.36. The quantitative estimate of drug-likeness (QED) is 0.504. The maximum Gasteiger partial charge on any atom is 0.115 e. The van der Waals surface area contributed by atoms with Crippen LogP contribution >= 0.6 is 9.24 Å². The number of aromatic hydroxyl groups is 1. The minimum absolute atomic E-state index is 0.322. The van der Waals surface area contributed by atoms with Crippen molar-refractivity contribution in [2.45, 2.75) is 0 Å². The molecule has 1 unspecified atom stereocenters. The van der Waals surface area contributed by atoms with Gasteiger partial charge in [-0.15, -0.1) is 15.8 Å². The fourth-order valence-corrected chi connectivity index (χ4v) is 0.428. The van der Waals surface area contributed by atoms with Gasteiger partial charge in [0.1, 0.15) is 5.75 Å². The lowest BCUT2D eigenvalue weighted by Crippen LogP contribution is -1.56. The van der Waals surface area contributed by atoms with Crippen LogP contribution in [0.2, 0.25) is 0 Å². The van der Waals surface area contributed by atoms with E-state index in [0.29, 0.717) is 5.75 Å². The monoisotopic (exact) mass is 168 g/mol. The van der Waals surface area contributed by atoms with Crippen LogP contribution in [-0.4, -0.2) is 11.3 Å². The summed E-state index contributed by atoms with van der Waals surface area (Å²) in [6, 6.07) is 8.71. The fraction of sp³-hybridized carbons (Fsp3) is 0.111. The van der Waals surface area contributed by atoms with Crippen LogP contribution in [0.4, 0.5) is 0 Å². The standard InChI is InChI=1S/C6H6O.C3H7P/c7-6-4-2-1-3-5-6;1-2-3-4/h1-5,7H;2H,1,3-4H2. The summed E-state index contributed by atoms with van der Waals surface area (Å²) in [4.78, 5) is 0. The average molecular weight is 168 g/mol. The molecular formula is C9H13OP. The summed E-state index contributed by atoms with van der Waals surface area (Å²) < 4.78 is 0. The third-order valence-corrected chi connectivity index (χ3v) is 1.26. The molecule has 0 aliphatic rings. The highest BCUT2D eigenvalue weighted by Gasteiger charge is 1.74. The molecule has 2 heteroatoms. The highest BCUT2D eigenvalue weighted by molar-refractivity contribution is 7.16. The Morgan fingerprint density at radius 1 is 1.36 bits per heavy atom. The lowest BCUT2D eigenvalue weighted by atomic mass is 10.3. The third kappa shape index (κ3) is 7.08. The fourth-order valence-electron chi connectivity index (χ4n) is 0.428. The van der Waals surface area contributed by atoms with Gasteiger partial charge in [0, 0.05) is 0 Å². The van der Waals surface area contributed by atoms with E-state index >= 15 is 0 Å². The van der Waals surface area contributed by atoms with E-state index in [1.165, 1.54) is 0 Å². The Bertz CT molecular complexity index is 184.